The highest BCUT2D eigenvalue weighted by Gasteiger charge is 2.17. The van der Waals surface area contributed by atoms with E-state index >= 15 is 0 Å². The van der Waals surface area contributed by atoms with Gasteiger partial charge in [-0.05, 0) is 25.1 Å². The van der Waals surface area contributed by atoms with Gasteiger partial charge in [0.2, 0.25) is 5.71 Å². The molecule has 0 atom stereocenters. The first-order chi connectivity index (χ1) is 13.1. The van der Waals surface area contributed by atoms with Crippen LogP contribution in [0.3, 0.4) is 0 Å². The molecule has 0 saturated heterocycles. The van der Waals surface area contributed by atoms with Crippen LogP contribution in [0.25, 0.3) is 22.0 Å². The first-order valence-corrected chi connectivity index (χ1v) is 8.42. The van der Waals surface area contributed by atoms with Crippen LogP contribution in [0.4, 0.5) is 11.4 Å². The molecule has 0 aliphatic rings. The largest absolute Gasteiger partial charge is 0.493 e. The standard InChI is InChI=1S/C21H18N2O4/c1-12(24)15-10-18(25-2)19(26-3)11-17(15)22-20-13-6-4-5-7-16(13)23-21-14(20)8-9-27-21/h4-11H,1-3H3,(H,22,23). The van der Waals surface area contributed by atoms with E-state index in [1.807, 2.05) is 30.3 Å². The number of hydrogen-bond donors (Lipinski definition) is 1. The molecule has 2 aromatic heterocycles. The first kappa shape index (κ1) is 16.9. The van der Waals surface area contributed by atoms with Crippen molar-refractivity contribution in [2.24, 2.45) is 0 Å². The summed E-state index contributed by atoms with van der Waals surface area (Å²) in [5.41, 5.74) is 3.27. The van der Waals surface area contributed by atoms with Crippen LogP contribution in [-0.2, 0) is 0 Å². The second-order valence-electron chi connectivity index (χ2n) is 6.08. The van der Waals surface area contributed by atoms with Gasteiger partial charge in [-0.3, -0.25) is 4.79 Å². The molecule has 6 nitrogen and oxygen atoms in total. The highest BCUT2D eigenvalue weighted by molar-refractivity contribution is 6.09. The number of aromatic nitrogens is 1. The number of Topliss-reactive ketones (excluding diaryl/α,β-unsaturated/α-hetero) is 1. The third-order valence-electron chi connectivity index (χ3n) is 4.47. The zero-order valence-corrected chi connectivity index (χ0v) is 15.2. The van der Waals surface area contributed by atoms with Gasteiger partial charge < -0.3 is 19.2 Å². The van der Waals surface area contributed by atoms with Crippen LogP contribution in [0.1, 0.15) is 17.3 Å². The zero-order valence-electron chi connectivity index (χ0n) is 15.2. The molecule has 0 bridgehead atoms. The minimum absolute atomic E-state index is 0.0831. The van der Waals surface area contributed by atoms with E-state index in [-0.39, 0.29) is 5.78 Å². The molecule has 0 aliphatic carbocycles. The molecule has 0 fully saturated rings. The average molecular weight is 362 g/mol. The van der Waals surface area contributed by atoms with Crippen molar-refractivity contribution in [3.63, 3.8) is 0 Å². The van der Waals surface area contributed by atoms with Crippen LogP contribution in [-0.4, -0.2) is 25.0 Å². The molecule has 0 spiro atoms. The molecule has 4 aromatic rings. The van der Waals surface area contributed by atoms with Gasteiger partial charge in [-0.1, -0.05) is 18.2 Å². The smallest absolute Gasteiger partial charge is 0.228 e. The SMILES string of the molecule is COc1cc(Nc2c3ccccc3nc3occc23)c(C(C)=O)cc1OC. The molecule has 6 heteroatoms. The summed E-state index contributed by atoms with van der Waals surface area (Å²) in [5, 5.41) is 5.15. The van der Waals surface area contributed by atoms with Crippen molar-refractivity contribution in [3.05, 3.63) is 54.3 Å². The summed E-state index contributed by atoms with van der Waals surface area (Å²) < 4.78 is 16.2. The molecule has 136 valence electrons. The van der Waals surface area contributed by atoms with Crippen molar-refractivity contribution in [2.75, 3.05) is 19.5 Å². The van der Waals surface area contributed by atoms with Crippen molar-refractivity contribution in [1.29, 1.82) is 0 Å². The van der Waals surface area contributed by atoms with E-state index in [0.717, 1.165) is 22.0 Å². The number of nitrogens with one attached hydrogen (secondary N) is 1. The normalized spacial score (nSPS) is 10.9. The Morgan fingerprint density at radius 3 is 2.52 bits per heavy atom. The maximum atomic E-state index is 12.2. The van der Waals surface area contributed by atoms with E-state index in [4.69, 9.17) is 13.9 Å². The Labute approximate surface area is 155 Å². The number of para-hydroxylation sites is 1. The Hall–Kier alpha value is -3.54. The Kier molecular flexibility index (Phi) is 4.16. The Morgan fingerprint density at radius 1 is 1.04 bits per heavy atom. The number of ketones is 1. The molecule has 27 heavy (non-hydrogen) atoms. The number of carbonyl (C=O) groups excluding carboxylic acids is 1. The average Bonchev–Trinajstić information content (AvgIpc) is 3.15. The lowest BCUT2D eigenvalue weighted by atomic mass is 10.1. The summed E-state index contributed by atoms with van der Waals surface area (Å²) in [6, 6.07) is 13.1. The fourth-order valence-corrected chi connectivity index (χ4v) is 3.16. The lowest BCUT2D eigenvalue weighted by Gasteiger charge is -2.16. The quantitative estimate of drug-likeness (QED) is 0.507. The van der Waals surface area contributed by atoms with E-state index < -0.39 is 0 Å². The monoisotopic (exact) mass is 362 g/mol. The molecule has 2 heterocycles. The number of anilines is 2. The number of methoxy groups -OCH3 is 2. The van der Waals surface area contributed by atoms with Crippen LogP contribution in [0, 0.1) is 0 Å². The number of ether oxygens (including phenoxy) is 2. The van der Waals surface area contributed by atoms with Crippen molar-refractivity contribution < 1.29 is 18.7 Å². The van der Waals surface area contributed by atoms with Gasteiger partial charge in [-0.25, -0.2) is 4.98 Å². The second-order valence-corrected chi connectivity index (χ2v) is 6.08. The number of nitrogens with zero attached hydrogens (tertiary/aromatic N) is 1. The molecule has 0 saturated carbocycles. The number of rotatable bonds is 5. The van der Waals surface area contributed by atoms with Gasteiger partial charge in [0.15, 0.2) is 17.3 Å². The summed E-state index contributed by atoms with van der Waals surface area (Å²) in [6.45, 7) is 1.52. The predicted octanol–water partition coefficient (Wildman–Crippen LogP) is 4.94. The molecule has 0 radical (unpaired) electrons. The molecule has 2 aromatic carbocycles. The van der Waals surface area contributed by atoms with Crippen molar-refractivity contribution in [1.82, 2.24) is 4.98 Å². The van der Waals surface area contributed by atoms with E-state index in [1.54, 1.807) is 32.6 Å². The third-order valence-corrected chi connectivity index (χ3v) is 4.47. The van der Waals surface area contributed by atoms with Crippen LogP contribution < -0.4 is 14.8 Å². The summed E-state index contributed by atoms with van der Waals surface area (Å²) in [7, 11) is 3.10. The van der Waals surface area contributed by atoms with Gasteiger partial charge in [-0.15, -0.1) is 0 Å². The minimum atomic E-state index is -0.0831. The molecule has 0 unspecified atom stereocenters. The third kappa shape index (κ3) is 2.85. The highest BCUT2D eigenvalue weighted by Crippen LogP contribution is 2.38. The van der Waals surface area contributed by atoms with Crippen LogP contribution in [0.2, 0.25) is 0 Å². The fourth-order valence-electron chi connectivity index (χ4n) is 3.16. The van der Waals surface area contributed by atoms with Crippen molar-refractivity contribution in [3.8, 4) is 11.5 Å². The zero-order chi connectivity index (χ0) is 19.0. The predicted molar refractivity (Wildman–Crippen MR) is 104 cm³/mol. The number of furan rings is 1. The van der Waals surface area contributed by atoms with Gasteiger partial charge in [0.25, 0.3) is 0 Å². The summed E-state index contributed by atoms with van der Waals surface area (Å²) in [5.74, 6) is 0.952. The lowest BCUT2D eigenvalue weighted by Crippen LogP contribution is -2.04. The van der Waals surface area contributed by atoms with Gasteiger partial charge >= 0.3 is 0 Å². The molecular formula is C21H18N2O4. The van der Waals surface area contributed by atoms with E-state index in [9.17, 15) is 4.79 Å². The second kappa shape index (κ2) is 6.64. The van der Waals surface area contributed by atoms with Crippen LogP contribution >= 0.6 is 0 Å². The number of carbonyl (C=O) groups is 1. The van der Waals surface area contributed by atoms with Gasteiger partial charge in [-0.2, -0.15) is 0 Å². The van der Waals surface area contributed by atoms with Gasteiger partial charge in [0, 0.05) is 17.0 Å². The summed E-state index contributed by atoms with van der Waals surface area (Å²) in [4.78, 5) is 16.8. The van der Waals surface area contributed by atoms with E-state index in [2.05, 4.69) is 10.3 Å². The van der Waals surface area contributed by atoms with Crippen LogP contribution in [0.5, 0.6) is 11.5 Å². The molecule has 4 rings (SSSR count). The molecule has 0 amide bonds. The highest BCUT2D eigenvalue weighted by atomic mass is 16.5. The maximum Gasteiger partial charge on any atom is 0.228 e. The van der Waals surface area contributed by atoms with E-state index in [0.29, 0.717) is 28.5 Å². The fraction of sp³-hybridized carbons (Fsp3) is 0.143. The van der Waals surface area contributed by atoms with Crippen LogP contribution in [0.15, 0.2) is 53.1 Å². The van der Waals surface area contributed by atoms with Gasteiger partial charge in [0.05, 0.1) is 42.8 Å². The number of benzene rings is 2. The summed E-state index contributed by atoms with van der Waals surface area (Å²) in [6.07, 6.45) is 1.60. The number of pyridine rings is 1. The maximum absolute atomic E-state index is 12.2. The summed E-state index contributed by atoms with van der Waals surface area (Å²) >= 11 is 0. The lowest BCUT2D eigenvalue weighted by molar-refractivity contribution is 0.101. The number of fused-ring (bicyclic) bond motifs is 2. The Bertz CT molecular complexity index is 1160. The molecular weight excluding hydrogens is 344 g/mol. The van der Waals surface area contributed by atoms with Gasteiger partial charge in [0.1, 0.15) is 0 Å². The van der Waals surface area contributed by atoms with Crippen molar-refractivity contribution >= 4 is 39.2 Å². The van der Waals surface area contributed by atoms with E-state index in [1.165, 1.54) is 6.92 Å². The Balaban J connectivity index is 1.96. The van der Waals surface area contributed by atoms with Crippen molar-refractivity contribution in [2.45, 2.75) is 6.92 Å². The molecule has 0 aliphatic heterocycles. The number of hydrogen-bond acceptors (Lipinski definition) is 6. The first-order valence-electron chi connectivity index (χ1n) is 8.42. The Morgan fingerprint density at radius 2 is 1.78 bits per heavy atom. The molecule has 1 N–H and O–H groups in total. The minimum Gasteiger partial charge on any atom is -0.493 e. The topological polar surface area (TPSA) is 73.6 Å².